The Morgan fingerprint density at radius 3 is 3.04 bits per heavy atom. The third-order valence-corrected chi connectivity index (χ3v) is 6.21. The molecule has 1 saturated heterocycles. The summed E-state index contributed by atoms with van der Waals surface area (Å²) in [6, 6.07) is 4.02. The van der Waals surface area contributed by atoms with Crippen molar-refractivity contribution < 1.29 is 13.2 Å². The van der Waals surface area contributed by atoms with E-state index in [9.17, 15) is 13.2 Å². The summed E-state index contributed by atoms with van der Waals surface area (Å²) in [6.45, 7) is 1.21. The molecule has 0 aliphatic carbocycles. The van der Waals surface area contributed by atoms with Crippen LogP contribution in [0.2, 0.25) is 0 Å². The minimum atomic E-state index is -3.30. The molecule has 1 unspecified atom stereocenters. The average molecular weight is 353 g/mol. The Labute approximate surface area is 139 Å². The second-order valence-electron chi connectivity index (χ2n) is 5.82. The molecule has 0 aromatic carbocycles. The lowest BCUT2D eigenvalue weighted by atomic mass is 10.1. The summed E-state index contributed by atoms with van der Waals surface area (Å²) in [6.07, 6.45) is 4.55. The minimum Gasteiger partial charge on any atom is -0.342 e. The minimum absolute atomic E-state index is 0.00733. The molecule has 124 valence electrons. The van der Waals surface area contributed by atoms with E-state index in [2.05, 4.69) is 10.2 Å². The molecule has 1 aliphatic rings. The van der Waals surface area contributed by atoms with Gasteiger partial charge in [-0.15, -0.1) is 11.3 Å². The van der Waals surface area contributed by atoms with Crippen LogP contribution in [0.3, 0.4) is 0 Å². The van der Waals surface area contributed by atoms with Crippen LogP contribution in [0, 0.1) is 0 Å². The molecule has 2 aromatic rings. The van der Waals surface area contributed by atoms with Crippen molar-refractivity contribution in [2.45, 2.75) is 30.1 Å². The lowest BCUT2D eigenvalue weighted by molar-refractivity contribution is -0.130. The molecule has 1 fully saturated rings. The van der Waals surface area contributed by atoms with Gasteiger partial charge in [0.15, 0.2) is 9.84 Å². The Morgan fingerprint density at radius 1 is 1.52 bits per heavy atom. The molecule has 3 rings (SSSR count). The number of aryl methyl sites for hydroxylation is 1. The number of hydrogen-bond donors (Lipinski definition) is 1. The van der Waals surface area contributed by atoms with Crippen molar-refractivity contribution in [1.82, 2.24) is 15.1 Å². The first kappa shape index (κ1) is 16.2. The summed E-state index contributed by atoms with van der Waals surface area (Å²) in [5, 5.41) is 8.68. The molecule has 0 bridgehead atoms. The van der Waals surface area contributed by atoms with Gasteiger partial charge in [0.1, 0.15) is 4.90 Å². The number of sulfone groups is 1. The van der Waals surface area contributed by atoms with Crippen molar-refractivity contribution in [2.75, 3.05) is 19.3 Å². The van der Waals surface area contributed by atoms with Crippen LogP contribution in [0.25, 0.3) is 0 Å². The van der Waals surface area contributed by atoms with E-state index in [-0.39, 0.29) is 16.7 Å². The fourth-order valence-electron chi connectivity index (χ4n) is 2.94. The second kappa shape index (κ2) is 6.45. The van der Waals surface area contributed by atoms with Crippen molar-refractivity contribution >= 4 is 27.1 Å². The van der Waals surface area contributed by atoms with Crippen molar-refractivity contribution in [3.63, 3.8) is 0 Å². The standard InChI is InChI=1S/C15H19N3O3S2/c1-23(20,21)13-9-16-17-15(13)11-6-7-18(10-11)14(19)5-4-12-3-2-8-22-12/h2-3,8-9,11H,4-7,10H2,1H3,(H,16,17). The number of carbonyl (C=O) groups is 1. The van der Waals surface area contributed by atoms with Crippen LogP contribution < -0.4 is 0 Å². The summed E-state index contributed by atoms with van der Waals surface area (Å²) < 4.78 is 23.6. The monoisotopic (exact) mass is 353 g/mol. The number of aromatic amines is 1. The quantitative estimate of drug-likeness (QED) is 0.889. The number of thiophene rings is 1. The number of aromatic nitrogens is 2. The molecule has 2 aromatic heterocycles. The molecule has 8 heteroatoms. The predicted molar refractivity (Wildman–Crippen MR) is 88.3 cm³/mol. The zero-order valence-electron chi connectivity index (χ0n) is 12.9. The van der Waals surface area contributed by atoms with E-state index in [1.807, 2.05) is 22.4 Å². The predicted octanol–water partition coefficient (Wildman–Crippen LogP) is 1.82. The molecule has 1 atom stereocenters. The molecule has 0 radical (unpaired) electrons. The molecule has 23 heavy (non-hydrogen) atoms. The Bertz CT molecular complexity index is 781. The van der Waals surface area contributed by atoms with Crippen LogP contribution >= 0.6 is 11.3 Å². The van der Waals surface area contributed by atoms with Gasteiger partial charge >= 0.3 is 0 Å². The summed E-state index contributed by atoms with van der Waals surface area (Å²) in [7, 11) is -3.30. The molecule has 1 aliphatic heterocycles. The van der Waals surface area contributed by atoms with E-state index < -0.39 is 9.84 Å². The van der Waals surface area contributed by atoms with Crippen LogP contribution in [-0.4, -0.2) is 48.8 Å². The van der Waals surface area contributed by atoms with E-state index in [1.54, 1.807) is 11.3 Å². The molecule has 1 N–H and O–H groups in total. The summed E-state index contributed by atoms with van der Waals surface area (Å²) in [5.41, 5.74) is 0.626. The first-order valence-corrected chi connectivity index (χ1v) is 10.3. The van der Waals surface area contributed by atoms with Gasteiger partial charge in [0.05, 0.1) is 11.9 Å². The summed E-state index contributed by atoms with van der Waals surface area (Å²) in [4.78, 5) is 15.6. The number of hydrogen-bond acceptors (Lipinski definition) is 5. The highest BCUT2D eigenvalue weighted by Gasteiger charge is 2.31. The second-order valence-corrected chi connectivity index (χ2v) is 8.84. The van der Waals surface area contributed by atoms with E-state index in [4.69, 9.17) is 0 Å². The first-order chi connectivity index (χ1) is 10.9. The van der Waals surface area contributed by atoms with Gasteiger partial charge in [0.2, 0.25) is 5.91 Å². The molecule has 0 saturated carbocycles. The van der Waals surface area contributed by atoms with Crippen molar-refractivity contribution in [3.05, 3.63) is 34.3 Å². The van der Waals surface area contributed by atoms with Crippen LogP contribution in [0.5, 0.6) is 0 Å². The number of likely N-dealkylation sites (tertiary alicyclic amines) is 1. The van der Waals surface area contributed by atoms with Gasteiger partial charge in [-0.05, 0) is 24.3 Å². The van der Waals surface area contributed by atoms with Gasteiger partial charge in [-0.3, -0.25) is 9.89 Å². The fraction of sp³-hybridized carbons (Fsp3) is 0.467. The topological polar surface area (TPSA) is 83.1 Å². The zero-order chi connectivity index (χ0) is 16.4. The zero-order valence-corrected chi connectivity index (χ0v) is 14.5. The highest BCUT2D eigenvalue weighted by molar-refractivity contribution is 7.90. The summed E-state index contributed by atoms with van der Waals surface area (Å²) >= 11 is 1.66. The number of nitrogens with zero attached hydrogens (tertiary/aromatic N) is 2. The number of nitrogens with one attached hydrogen (secondary N) is 1. The van der Waals surface area contributed by atoms with Crippen LogP contribution in [0.4, 0.5) is 0 Å². The van der Waals surface area contributed by atoms with E-state index in [0.717, 1.165) is 12.8 Å². The Balaban J connectivity index is 1.62. The third-order valence-electron chi connectivity index (χ3n) is 4.15. The third kappa shape index (κ3) is 3.64. The number of amides is 1. The SMILES string of the molecule is CS(=O)(=O)c1cn[nH]c1C1CCN(C(=O)CCc2cccs2)C1. The van der Waals surface area contributed by atoms with Crippen molar-refractivity contribution in [3.8, 4) is 0 Å². The van der Waals surface area contributed by atoms with Gasteiger partial charge in [-0.25, -0.2) is 8.42 Å². The fourth-order valence-corrected chi connectivity index (χ4v) is 4.50. The van der Waals surface area contributed by atoms with Crippen LogP contribution in [0.15, 0.2) is 28.6 Å². The number of rotatable bonds is 5. The van der Waals surface area contributed by atoms with Gasteiger partial charge in [0, 0.05) is 36.6 Å². The Kier molecular flexibility index (Phi) is 4.54. The van der Waals surface area contributed by atoms with Crippen LogP contribution in [0.1, 0.15) is 29.3 Å². The maximum Gasteiger partial charge on any atom is 0.222 e. The summed E-state index contributed by atoms with van der Waals surface area (Å²) in [5.74, 6) is 0.134. The van der Waals surface area contributed by atoms with Crippen LogP contribution in [-0.2, 0) is 21.1 Å². The number of H-pyrrole nitrogens is 1. The first-order valence-electron chi connectivity index (χ1n) is 7.48. The van der Waals surface area contributed by atoms with E-state index in [0.29, 0.717) is 25.2 Å². The molecular weight excluding hydrogens is 334 g/mol. The lowest BCUT2D eigenvalue weighted by Gasteiger charge is -2.16. The smallest absolute Gasteiger partial charge is 0.222 e. The van der Waals surface area contributed by atoms with E-state index in [1.165, 1.54) is 17.3 Å². The van der Waals surface area contributed by atoms with Gasteiger partial charge in [-0.1, -0.05) is 6.07 Å². The van der Waals surface area contributed by atoms with E-state index >= 15 is 0 Å². The van der Waals surface area contributed by atoms with Crippen molar-refractivity contribution in [1.29, 1.82) is 0 Å². The Morgan fingerprint density at radius 2 is 2.35 bits per heavy atom. The largest absolute Gasteiger partial charge is 0.342 e. The van der Waals surface area contributed by atoms with Gasteiger partial charge < -0.3 is 4.90 Å². The molecule has 6 nitrogen and oxygen atoms in total. The molecule has 0 spiro atoms. The van der Waals surface area contributed by atoms with Gasteiger partial charge in [-0.2, -0.15) is 5.10 Å². The number of carbonyl (C=O) groups excluding carboxylic acids is 1. The normalized spacial score (nSPS) is 18.5. The highest BCUT2D eigenvalue weighted by atomic mass is 32.2. The van der Waals surface area contributed by atoms with Crippen molar-refractivity contribution in [2.24, 2.45) is 0 Å². The molecular formula is C15H19N3O3S2. The Hall–Kier alpha value is -1.67. The lowest BCUT2D eigenvalue weighted by Crippen LogP contribution is -2.28. The highest BCUT2D eigenvalue weighted by Crippen LogP contribution is 2.30. The maximum absolute atomic E-state index is 12.3. The van der Waals surface area contributed by atoms with Gasteiger partial charge in [0.25, 0.3) is 0 Å². The average Bonchev–Trinajstić information content (AvgIpc) is 3.22. The molecule has 3 heterocycles. The molecule has 1 amide bonds. The maximum atomic E-state index is 12.3.